The standard InChI is InChI=1S/C17H23F3N4O3.HI/c1-11-8-24(9-13(11)15(25)26-3)16(21-2)23-7-12-4-5-14(22-6-12)27-10-17(18,19)20;/h4-6,11,13H,7-10H2,1-3H3,(H,21,23);1H. The van der Waals surface area contributed by atoms with Crippen LogP contribution < -0.4 is 10.1 Å². The largest absolute Gasteiger partial charge is 0.469 e. The molecule has 0 bridgehead atoms. The van der Waals surface area contributed by atoms with Gasteiger partial charge in [0, 0.05) is 38.9 Å². The van der Waals surface area contributed by atoms with E-state index in [2.05, 4.69) is 20.0 Å². The lowest BCUT2D eigenvalue weighted by atomic mass is 9.99. The molecule has 0 amide bonds. The molecule has 2 heterocycles. The highest BCUT2D eigenvalue weighted by molar-refractivity contribution is 14.0. The second-order valence-corrected chi connectivity index (χ2v) is 6.32. The summed E-state index contributed by atoms with van der Waals surface area (Å²) < 4.78 is 45.8. The van der Waals surface area contributed by atoms with Crippen molar-refractivity contribution in [2.45, 2.75) is 19.6 Å². The number of esters is 1. The second kappa shape index (κ2) is 10.7. The number of pyridine rings is 1. The number of hydrogen-bond donors (Lipinski definition) is 1. The smallest absolute Gasteiger partial charge is 0.422 e. The van der Waals surface area contributed by atoms with Crippen LogP contribution in [0.25, 0.3) is 0 Å². The van der Waals surface area contributed by atoms with Gasteiger partial charge in [-0.15, -0.1) is 24.0 Å². The van der Waals surface area contributed by atoms with Crippen molar-refractivity contribution in [2.24, 2.45) is 16.8 Å². The van der Waals surface area contributed by atoms with Gasteiger partial charge in [0.2, 0.25) is 5.88 Å². The van der Waals surface area contributed by atoms with Gasteiger partial charge >= 0.3 is 12.1 Å². The second-order valence-electron chi connectivity index (χ2n) is 6.32. The number of nitrogens with one attached hydrogen (secondary N) is 1. The van der Waals surface area contributed by atoms with Gasteiger partial charge in [-0.3, -0.25) is 9.79 Å². The molecule has 2 atom stereocenters. The molecule has 158 valence electrons. The first-order valence-corrected chi connectivity index (χ1v) is 8.41. The summed E-state index contributed by atoms with van der Waals surface area (Å²) in [5, 5.41) is 3.16. The van der Waals surface area contributed by atoms with Gasteiger partial charge in [-0.2, -0.15) is 13.2 Å². The van der Waals surface area contributed by atoms with E-state index in [0.717, 1.165) is 5.56 Å². The molecule has 0 aromatic carbocycles. The Balaban J connectivity index is 0.00000392. The van der Waals surface area contributed by atoms with E-state index in [-0.39, 0.29) is 47.7 Å². The number of halogens is 4. The Hall–Kier alpha value is -1.79. The van der Waals surface area contributed by atoms with Crippen LogP contribution in [0.3, 0.4) is 0 Å². The SMILES string of the molecule is CN=C(NCc1ccc(OCC(F)(F)F)nc1)N1CC(C)C(C(=O)OC)C1.I. The Morgan fingerprint density at radius 3 is 2.64 bits per heavy atom. The van der Waals surface area contributed by atoms with Crippen molar-refractivity contribution < 1.29 is 27.4 Å². The molecule has 0 saturated carbocycles. The molecular weight excluding hydrogens is 492 g/mol. The fourth-order valence-electron chi connectivity index (χ4n) is 2.87. The lowest BCUT2D eigenvalue weighted by Crippen LogP contribution is -2.40. The summed E-state index contributed by atoms with van der Waals surface area (Å²) in [6.45, 7) is 2.17. The predicted octanol–water partition coefficient (Wildman–Crippen LogP) is 2.46. The number of methoxy groups -OCH3 is 1. The van der Waals surface area contributed by atoms with Crippen LogP contribution in [-0.2, 0) is 16.1 Å². The highest BCUT2D eigenvalue weighted by atomic mass is 127. The van der Waals surface area contributed by atoms with E-state index in [0.29, 0.717) is 25.6 Å². The van der Waals surface area contributed by atoms with Crippen molar-refractivity contribution in [1.29, 1.82) is 0 Å². The van der Waals surface area contributed by atoms with E-state index in [1.165, 1.54) is 19.4 Å². The molecule has 7 nitrogen and oxygen atoms in total. The molecule has 1 aromatic rings. The van der Waals surface area contributed by atoms with E-state index in [1.54, 1.807) is 13.1 Å². The van der Waals surface area contributed by atoms with Crippen LogP contribution in [0.2, 0.25) is 0 Å². The fraction of sp³-hybridized carbons (Fsp3) is 0.588. The number of alkyl halides is 3. The monoisotopic (exact) mass is 516 g/mol. The minimum Gasteiger partial charge on any atom is -0.469 e. The number of rotatable bonds is 5. The van der Waals surface area contributed by atoms with Gasteiger partial charge in [0.15, 0.2) is 12.6 Å². The Morgan fingerprint density at radius 1 is 1.39 bits per heavy atom. The third-order valence-corrected chi connectivity index (χ3v) is 4.26. The highest BCUT2D eigenvalue weighted by Crippen LogP contribution is 2.24. The number of ether oxygens (including phenoxy) is 2. The van der Waals surface area contributed by atoms with E-state index in [9.17, 15) is 18.0 Å². The molecule has 2 rings (SSSR count). The van der Waals surface area contributed by atoms with Crippen molar-refractivity contribution in [3.63, 3.8) is 0 Å². The molecule has 0 radical (unpaired) electrons. The molecule has 1 N–H and O–H groups in total. The summed E-state index contributed by atoms with van der Waals surface area (Å²) in [5.41, 5.74) is 0.757. The summed E-state index contributed by atoms with van der Waals surface area (Å²) in [6, 6.07) is 3.01. The lowest BCUT2D eigenvalue weighted by molar-refractivity contribution is -0.154. The first-order valence-electron chi connectivity index (χ1n) is 8.41. The number of guanidine groups is 1. The normalized spacial score (nSPS) is 19.8. The lowest BCUT2D eigenvalue weighted by Gasteiger charge is -2.21. The number of carbonyl (C=O) groups is 1. The number of likely N-dealkylation sites (tertiary alicyclic amines) is 1. The van der Waals surface area contributed by atoms with Gasteiger partial charge in [0.1, 0.15) is 0 Å². The van der Waals surface area contributed by atoms with Crippen LogP contribution in [-0.4, -0.2) is 61.8 Å². The topological polar surface area (TPSA) is 76.1 Å². The molecule has 0 spiro atoms. The van der Waals surface area contributed by atoms with Gasteiger partial charge in [-0.1, -0.05) is 13.0 Å². The zero-order valence-electron chi connectivity index (χ0n) is 15.8. The molecule has 1 aromatic heterocycles. The van der Waals surface area contributed by atoms with Crippen molar-refractivity contribution in [3.05, 3.63) is 23.9 Å². The van der Waals surface area contributed by atoms with Crippen molar-refractivity contribution in [1.82, 2.24) is 15.2 Å². The van der Waals surface area contributed by atoms with Gasteiger partial charge in [0.25, 0.3) is 0 Å². The summed E-state index contributed by atoms with van der Waals surface area (Å²) in [4.78, 5) is 21.9. The minimum absolute atomic E-state index is 0. The maximum Gasteiger partial charge on any atom is 0.422 e. The maximum absolute atomic E-state index is 12.1. The van der Waals surface area contributed by atoms with Crippen LogP contribution in [0.1, 0.15) is 12.5 Å². The highest BCUT2D eigenvalue weighted by Gasteiger charge is 2.36. The first kappa shape index (κ1) is 24.2. The van der Waals surface area contributed by atoms with Crippen LogP contribution >= 0.6 is 24.0 Å². The number of aliphatic imine (C=N–C) groups is 1. The molecule has 28 heavy (non-hydrogen) atoms. The quantitative estimate of drug-likeness (QED) is 0.281. The molecule has 1 saturated heterocycles. The molecule has 1 fully saturated rings. The van der Waals surface area contributed by atoms with E-state index >= 15 is 0 Å². The van der Waals surface area contributed by atoms with Crippen molar-refractivity contribution >= 4 is 35.9 Å². The van der Waals surface area contributed by atoms with E-state index in [4.69, 9.17) is 4.74 Å². The summed E-state index contributed by atoms with van der Waals surface area (Å²) in [5.74, 6) is 0.238. The number of nitrogens with zero attached hydrogens (tertiary/aromatic N) is 3. The van der Waals surface area contributed by atoms with Crippen LogP contribution in [0.15, 0.2) is 23.3 Å². The summed E-state index contributed by atoms with van der Waals surface area (Å²) >= 11 is 0. The van der Waals surface area contributed by atoms with Crippen LogP contribution in [0.5, 0.6) is 5.88 Å². The Labute approximate surface area is 178 Å². The Kier molecular flexibility index (Phi) is 9.24. The average molecular weight is 516 g/mol. The molecule has 11 heteroatoms. The first-order chi connectivity index (χ1) is 12.7. The summed E-state index contributed by atoms with van der Waals surface area (Å²) in [7, 11) is 3.02. The minimum atomic E-state index is -4.40. The molecule has 0 aliphatic carbocycles. The zero-order chi connectivity index (χ0) is 20.0. The number of aromatic nitrogens is 1. The van der Waals surface area contributed by atoms with Gasteiger partial charge in [-0.25, -0.2) is 4.98 Å². The van der Waals surface area contributed by atoms with E-state index in [1.807, 2.05) is 11.8 Å². The van der Waals surface area contributed by atoms with Gasteiger partial charge < -0.3 is 19.7 Å². The van der Waals surface area contributed by atoms with Crippen molar-refractivity contribution in [2.75, 3.05) is 33.9 Å². The number of hydrogen-bond acceptors (Lipinski definition) is 5. The molecule has 1 aliphatic heterocycles. The van der Waals surface area contributed by atoms with Crippen LogP contribution in [0.4, 0.5) is 13.2 Å². The third-order valence-electron chi connectivity index (χ3n) is 4.26. The number of carbonyl (C=O) groups excluding carboxylic acids is 1. The Bertz CT molecular complexity index is 671. The van der Waals surface area contributed by atoms with E-state index < -0.39 is 12.8 Å². The third kappa shape index (κ3) is 6.99. The molecule has 1 aliphatic rings. The van der Waals surface area contributed by atoms with Crippen LogP contribution in [0, 0.1) is 11.8 Å². The van der Waals surface area contributed by atoms with Gasteiger partial charge in [0.05, 0.1) is 13.0 Å². The Morgan fingerprint density at radius 2 is 2.11 bits per heavy atom. The van der Waals surface area contributed by atoms with Crippen molar-refractivity contribution in [3.8, 4) is 5.88 Å². The average Bonchev–Trinajstić information content (AvgIpc) is 3.01. The van der Waals surface area contributed by atoms with Gasteiger partial charge in [-0.05, 0) is 11.5 Å². The molecule has 2 unspecified atom stereocenters. The fourth-order valence-corrected chi connectivity index (χ4v) is 2.87. The predicted molar refractivity (Wildman–Crippen MR) is 108 cm³/mol. The molecular formula is C17H24F3IN4O3. The zero-order valence-corrected chi connectivity index (χ0v) is 18.2. The maximum atomic E-state index is 12.1. The summed E-state index contributed by atoms with van der Waals surface area (Å²) in [6.07, 6.45) is -2.96.